The third kappa shape index (κ3) is 2.82. The predicted octanol–water partition coefficient (Wildman–Crippen LogP) is 3.86. The molecule has 0 aliphatic heterocycles. The molecule has 1 aromatic rings. The van der Waals surface area contributed by atoms with Crippen LogP contribution in [-0.2, 0) is 6.42 Å². The summed E-state index contributed by atoms with van der Waals surface area (Å²) < 4.78 is 0. The van der Waals surface area contributed by atoms with Crippen molar-refractivity contribution in [3.8, 4) is 0 Å². The molecule has 0 atom stereocenters. The third-order valence-electron chi connectivity index (χ3n) is 2.35. The molecule has 0 heterocycles. The molecule has 76 valence electrons. The normalized spacial score (nSPS) is 11.9. The van der Waals surface area contributed by atoms with E-state index in [-0.39, 0.29) is 0 Å². The van der Waals surface area contributed by atoms with Gasteiger partial charge in [-0.05, 0) is 47.8 Å². The minimum absolute atomic E-state index is 0.880. The standard InChI is InChI=1S/C12H16S2/c1-8-4-9(2)12(10(3)5-8)6-11(14)7-13/h4-5,7,13-14H,6H2,1-3H3/b11-7-. The van der Waals surface area contributed by atoms with Gasteiger partial charge in [0.05, 0.1) is 0 Å². The van der Waals surface area contributed by atoms with Gasteiger partial charge in [0.1, 0.15) is 0 Å². The van der Waals surface area contributed by atoms with Gasteiger partial charge in [-0.3, -0.25) is 0 Å². The van der Waals surface area contributed by atoms with Crippen molar-refractivity contribution in [1.82, 2.24) is 0 Å². The SMILES string of the molecule is Cc1cc(C)c(C/C(S)=C/S)c(C)c1. The van der Waals surface area contributed by atoms with E-state index in [0.29, 0.717) is 0 Å². The van der Waals surface area contributed by atoms with Gasteiger partial charge in [0.25, 0.3) is 0 Å². The molecular formula is C12H16S2. The van der Waals surface area contributed by atoms with Gasteiger partial charge in [0.15, 0.2) is 0 Å². The molecule has 0 spiro atoms. The van der Waals surface area contributed by atoms with E-state index >= 15 is 0 Å². The van der Waals surface area contributed by atoms with E-state index in [1.54, 1.807) is 5.41 Å². The summed E-state index contributed by atoms with van der Waals surface area (Å²) in [5, 5.41) is 1.75. The molecule has 14 heavy (non-hydrogen) atoms. The summed E-state index contributed by atoms with van der Waals surface area (Å²) >= 11 is 8.44. The quantitative estimate of drug-likeness (QED) is 0.700. The van der Waals surface area contributed by atoms with Crippen LogP contribution in [0.4, 0.5) is 0 Å². The summed E-state index contributed by atoms with van der Waals surface area (Å²) in [6.07, 6.45) is 0.880. The lowest BCUT2D eigenvalue weighted by molar-refractivity contribution is 1.14. The number of allylic oxidation sites excluding steroid dienone is 1. The van der Waals surface area contributed by atoms with E-state index in [1.807, 2.05) is 0 Å². The Labute approximate surface area is 97.2 Å². The first kappa shape index (κ1) is 11.7. The highest BCUT2D eigenvalue weighted by atomic mass is 32.1. The van der Waals surface area contributed by atoms with Gasteiger partial charge in [-0.25, -0.2) is 0 Å². The average molecular weight is 224 g/mol. The Hall–Kier alpha value is -0.340. The maximum Gasteiger partial charge on any atom is 0.00421 e. The minimum atomic E-state index is 0.880. The topological polar surface area (TPSA) is 0 Å². The maximum atomic E-state index is 4.35. The highest BCUT2D eigenvalue weighted by Crippen LogP contribution is 2.21. The molecule has 0 saturated carbocycles. The van der Waals surface area contributed by atoms with E-state index in [9.17, 15) is 0 Å². The number of hydrogen-bond acceptors (Lipinski definition) is 2. The summed E-state index contributed by atoms with van der Waals surface area (Å²) in [4.78, 5) is 1.00. The van der Waals surface area contributed by atoms with E-state index in [2.05, 4.69) is 58.2 Å². The molecule has 1 aromatic carbocycles. The van der Waals surface area contributed by atoms with Crippen LogP contribution in [0, 0.1) is 20.8 Å². The lowest BCUT2D eigenvalue weighted by atomic mass is 9.97. The predicted molar refractivity (Wildman–Crippen MR) is 70.4 cm³/mol. The van der Waals surface area contributed by atoms with Crippen molar-refractivity contribution in [2.75, 3.05) is 0 Å². The van der Waals surface area contributed by atoms with Gasteiger partial charge in [-0.2, -0.15) is 12.6 Å². The molecule has 0 nitrogen and oxygen atoms in total. The first-order valence-electron chi connectivity index (χ1n) is 4.63. The molecule has 0 amide bonds. The van der Waals surface area contributed by atoms with Crippen molar-refractivity contribution < 1.29 is 0 Å². The lowest BCUT2D eigenvalue weighted by Crippen LogP contribution is -1.95. The molecule has 0 aromatic heterocycles. The van der Waals surface area contributed by atoms with Crippen molar-refractivity contribution in [2.24, 2.45) is 0 Å². The Morgan fingerprint density at radius 3 is 2.14 bits per heavy atom. The van der Waals surface area contributed by atoms with Gasteiger partial charge in [-0.1, -0.05) is 17.7 Å². The number of benzene rings is 1. The van der Waals surface area contributed by atoms with Crippen LogP contribution in [0.1, 0.15) is 22.3 Å². The van der Waals surface area contributed by atoms with Crippen LogP contribution >= 0.6 is 25.3 Å². The summed E-state index contributed by atoms with van der Waals surface area (Å²) in [6.45, 7) is 6.42. The first-order chi connectivity index (χ1) is 6.54. The van der Waals surface area contributed by atoms with Crippen molar-refractivity contribution in [3.05, 3.63) is 44.7 Å². The zero-order valence-electron chi connectivity index (χ0n) is 8.83. The van der Waals surface area contributed by atoms with Crippen LogP contribution in [0.2, 0.25) is 0 Å². The molecular weight excluding hydrogens is 208 g/mol. The van der Waals surface area contributed by atoms with Crippen LogP contribution < -0.4 is 0 Å². The first-order valence-corrected chi connectivity index (χ1v) is 5.60. The largest absolute Gasteiger partial charge is 0.151 e. The number of rotatable bonds is 2. The van der Waals surface area contributed by atoms with Crippen molar-refractivity contribution in [3.63, 3.8) is 0 Å². The number of hydrogen-bond donors (Lipinski definition) is 2. The van der Waals surface area contributed by atoms with Crippen molar-refractivity contribution in [2.45, 2.75) is 27.2 Å². The van der Waals surface area contributed by atoms with E-state index in [1.165, 1.54) is 22.3 Å². The average Bonchev–Trinajstić information content (AvgIpc) is 2.10. The molecule has 0 bridgehead atoms. The monoisotopic (exact) mass is 224 g/mol. The molecule has 1 rings (SSSR count). The molecule has 0 aliphatic rings. The lowest BCUT2D eigenvalue weighted by Gasteiger charge is -2.10. The maximum absolute atomic E-state index is 4.35. The summed E-state index contributed by atoms with van der Waals surface area (Å²) in [7, 11) is 0. The van der Waals surface area contributed by atoms with Crippen LogP contribution in [0.15, 0.2) is 22.4 Å². The van der Waals surface area contributed by atoms with Gasteiger partial charge in [0.2, 0.25) is 0 Å². The van der Waals surface area contributed by atoms with Gasteiger partial charge < -0.3 is 0 Å². The fourth-order valence-electron chi connectivity index (χ4n) is 1.72. The van der Waals surface area contributed by atoms with Crippen LogP contribution in [0.5, 0.6) is 0 Å². The summed E-state index contributed by atoms with van der Waals surface area (Å²) in [5.74, 6) is 0. The fraction of sp³-hybridized carbons (Fsp3) is 0.333. The fourth-order valence-corrected chi connectivity index (χ4v) is 1.96. The van der Waals surface area contributed by atoms with Gasteiger partial charge in [-0.15, -0.1) is 12.6 Å². The molecule has 2 heteroatoms. The highest BCUT2D eigenvalue weighted by Gasteiger charge is 2.04. The van der Waals surface area contributed by atoms with Gasteiger partial charge in [0, 0.05) is 6.42 Å². The Bertz CT molecular complexity index is 342. The highest BCUT2D eigenvalue weighted by molar-refractivity contribution is 7.87. The van der Waals surface area contributed by atoms with Gasteiger partial charge >= 0.3 is 0 Å². The van der Waals surface area contributed by atoms with E-state index < -0.39 is 0 Å². The minimum Gasteiger partial charge on any atom is -0.151 e. The third-order valence-corrected chi connectivity index (χ3v) is 3.15. The Morgan fingerprint density at radius 2 is 1.71 bits per heavy atom. The molecule has 0 fully saturated rings. The van der Waals surface area contributed by atoms with Crippen LogP contribution in [-0.4, -0.2) is 0 Å². The molecule has 0 aliphatic carbocycles. The van der Waals surface area contributed by atoms with E-state index in [4.69, 9.17) is 0 Å². The smallest absolute Gasteiger partial charge is 0.00421 e. The second-order valence-electron chi connectivity index (χ2n) is 3.67. The Morgan fingerprint density at radius 1 is 1.21 bits per heavy atom. The summed E-state index contributed by atoms with van der Waals surface area (Å²) in [5.41, 5.74) is 5.36. The van der Waals surface area contributed by atoms with E-state index in [0.717, 1.165) is 11.3 Å². The number of aryl methyl sites for hydroxylation is 3. The number of thiol groups is 2. The molecule has 0 unspecified atom stereocenters. The zero-order valence-corrected chi connectivity index (χ0v) is 10.6. The molecule has 0 saturated heterocycles. The van der Waals surface area contributed by atoms with Crippen molar-refractivity contribution in [1.29, 1.82) is 0 Å². The second-order valence-corrected chi connectivity index (χ2v) is 4.51. The van der Waals surface area contributed by atoms with Crippen LogP contribution in [0.25, 0.3) is 0 Å². The molecule has 0 radical (unpaired) electrons. The Kier molecular flexibility index (Phi) is 4.14. The molecule has 0 N–H and O–H groups in total. The zero-order chi connectivity index (χ0) is 10.7. The second kappa shape index (κ2) is 4.94. The van der Waals surface area contributed by atoms with Crippen molar-refractivity contribution >= 4 is 25.3 Å². The summed E-state index contributed by atoms with van der Waals surface area (Å²) in [6, 6.07) is 4.42. The van der Waals surface area contributed by atoms with Crippen LogP contribution in [0.3, 0.4) is 0 Å². The Balaban J connectivity index is 3.09.